The molecule has 0 aromatic heterocycles. The predicted octanol–water partition coefficient (Wildman–Crippen LogP) is 5.66. The number of fused-ring (bicyclic) bond motifs is 5. The molecule has 1 saturated heterocycles. The molecule has 0 bridgehead atoms. The summed E-state index contributed by atoms with van der Waals surface area (Å²) in [5, 5.41) is 15.9. The fourth-order valence-electron chi connectivity index (χ4n) is 8.69. The highest BCUT2D eigenvalue weighted by Gasteiger charge is 2.65. The number of hydrogen-bond donors (Lipinski definition) is 2. The highest BCUT2D eigenvalue weighted by atomic mass is 16.3. The molecule has 1 heterocycles. The molecule has 6 heteroatoms. The van der Waals surface area contributed by atoms with Gasteiger partial charge < -0.3 is 5.11 Å². The minimum atomic E-state index is -1.38. The van der Waals surface area contributed by atoms with Crippen LogP contribution in [0.2, 0.25) is 0 Å². The van der Waals surface area contributed by atoms with Crippen molar-refractivity contribution >= 4 is 39.7 Å². The number of aromatic hydroxyl groups is 1. The number of imide groups is 1. The standard InChI is InChI=1S/C38H29NO5/c40-30-18-15-22-11-7-8-14-24(22)33(30)34-25-16-17-26-32(37(44)39-36(26)43)28(25)19-29-35(42)27(21-9-3-1-4-10-21)20-31(41)38(29,34)23-12-5-2-6-13-23/h1-16,18,20,26,28-29,32,34,40H,17,19H2,(H,39,43,44). The third kappa shape index (κ3) is 3.54. The minimum Gasteiger partial charge on any atom is -0.508 e. The second kappa shape index (κ2) is 9.71. The second-order valence-electron chi connectivity index (χ2n) is 12.4. The van der Waals surface area contributed by atoms with Crippen LogP contribution in [-0.4, -0.2) is 28.5 Å². The summed E-state index contributed by atoms with van der Waals surface area (Å²) in [5.74, 6) is -4.22. The lowest BCUT2D eigenvalue weighted by molar-refractivity contribution is -0.135. The monoisotopic (exact) mass is 579 g/mol. The Morgan fingerprint density at radius 3 is 2.23 bits per heavy atom. The highest BCUT2D eigenvalue weighted by molar-refractivity contribution is 6.31. The molecule has 4 aromatic rings. The van der Waals surface area contributed by atoms with Crippen molar-refractivity contribution in [2.24, 2.45) is 23.7 Å². The normalized spacial score (nSPS) is 29.3. The third-order valence-electron chi connectivity index (χ3n) is 10.5. The summed E-state index contributed by atoms with van der Waals surface area (Å²) >= 11 is 0. The molecule has 3 aliphatic carbocycles. The van der Waals surface area contributed by atoms with E-state index in [4.69, 9.17) is 0 Å². The van der Waals surface area contributed by atoms with Gasteiger partial charge in [0.1, 0.15) is 5.75 Å². The first kappa shape index (κ1) is 26.5. The number of allylic oxidation sites excluding steroid dienone is 4. The van der Waals surface area contributed by atoms with E-state index in [0.29, 0.717) is 28.7 Å². The Bertz CT molecular complexity index is 1960. The van der Waals surface area contributed by atoms with Crippen molar-refractivity contribution in [3.8, 4) is 5.75 Å². The summed E-state index contributed by atoms with van der Waals surface area (Å²) < 4.78 is 0. The summed E-state index contributed by atoms with van der Waals surface area (Å²) in [6, 6.07) is 29.8. The molecule has 6 nitrogen and oxygen atoms in total. The van der Waals surface area contributed by atoms with E-state index < -0.39 is 35.0 Å². The molecule has 2 N–H and O–H groups in total. The van der Waals surface area contributed by atoms with Gasteiger partial charge in [0.25, 0.3) is 0 Å². The fourth-order valence-corrected chi connectivity index (χ4v) is 8.69. The maximum Gasteiger partial charge on any atom is 0.231 e. The minimum absolute atomic E-state index is 0.0245. The fraction of sp³-hybridized carbons (Fsp3) is 0.211. The van der Waals surface area contributed by atoms with Gasteiger partial charge >= 0.3 is 0 Å². The summed E-state index contributed by atoms with van der Waals surface area (Å²) in [6.45, 7) is 0. The summed E-state index contributed by atoms with van der Waals surface area (Å²) in [7, 11) is 0. The number of carbonyl (C=O) groups is 4. The molecule has 2 fully saturated rings. The van der Waals surface area contributed by atoms with Crippen LogP contribution in [-0.2, 0) is 24.6 Å². The lowest BCUT2D eigenvalue weighted by Gasteiger charge is -2.55. The largest absolute Gasteiger partial charge is 0.508 e. The van der Waals surface area contributed by atoms with Gasteiger partial charge in [-0.2, -0.15) is 0 Å². The number of Topliss-reactive ketones (excluding diaryl/α,β-unsaturated/α-hetero) is 1. The van der Waals surface area contributed by atoms with Crippen LogP contribution in [0.5, 0.6) is 5.75 Å². The van der Waals surface area contributed by atoms with Crippen molar-refractivity contribution in [1.82, 2.24) is 5.32 Å². The number of rotatable bonds is 3. The van der Waals surface area contributed by atoms with E-state index in [2.05, 4.69) is 5.32 Å². The lowest BCUT2D eigenvalue weighted by Crippen LogP contribution is -2.58. The van der Waals surface area contributed by atoms with Crippen LogP contribution in [0.15, 0.2) is 115 Å². The van der Waals surface area contributed by atoms with Gasteiger partial charge in [-0.3, -0.25) is 24.5 Å². The molecule has 2 amide bonds. The summed E-state index contributed by atoms with van der Waals surface area (Å²) in [4.78, 5) is 56.1. The van der Waals surface area contributed by atoms with Crippen LogP contribution in [0.1, 0.15) is 35.4 Å². The number of benzene rings is 4. The summed E-state index contributed by atoms with van der Waals surface area (Å²) in [6.07, 6.45) is 4.08. The Balaban J connectivity index is 1.48. The zero-order valence-corrected chi connectivity index (χ0v) is 23.8. The van der Waals surface area contributed by atoms with Crippen molar-refractivity contribution in [2.75, 3.05) is 0 Å². The zero-order chi connectivity index (χ0) is 30.2. The van der Waals surface area contributed by atoms with Crippen molar-refractivity contribution in [2.45, 2.75) is 24.2 Å². The lowest BCUT2D eigenvalue weighted by atomic mass is 9.44. The van der Waals surface area contributed by atoms with Gasteiger partial charge in [0, 0.05) is 23.0 Å². The predicted molar refractivity (Wildman–Crippen MR) is 165 cm³/mol. The van der Waals surface area contributed by atoms with Crippen LogP contribution in [0.4, 0.5) is 0 Å². The molecule has 6 atom stereocenters. The number of carbonyl (C=O) groups excluding carboxylic acids is 4. The van der Waals surface area contributed by atoms with Gasteiger partial charge in [0.2, 0.25) is 11.8 Å². The first-order valence-electron chi connectivity index (χ1n) is 15.1. The van der Waals surface area contributed by atoms with Crippen LogP contribution >= 0.6 is 0 Å². The van der Waals surface area contributed by atoms with Gasteiger partial charge in [-0.25, -0.2) is 0 Å². The molecule has 4 aromatic carbocycles. The molecular weight excluding hydrogens is 550 g/mol. The zero-order valence-electron chi connectivity index (χ0n) is 23.8. The number of amides is 2. The molecule has 0 radical (unpaired) electrons. The van der Waals surface area contributed by atoms with Gasteiger partial charge in [0.05, 0.1) is 17.3 Å². The van der Waals surface area contributed by atoms with Gasteiger partial charge in [0.15, 0.2) is 11.6 Å². The molecule has 4 aliphatic rings. The number of phenols is 1. The van der Waals surface area contributed by atoms with Crippen LogP contribution in [0.3, 0.4) is 0 Å². The maximum absolute atomic E-state index is 15.1. The van der Waals surface area contributed by atoms with Crippen LogP contribution in [0, 0.1) is 23.7 Å². The molecule has 1 aliphatic heterocycles. The van der Waals surface area contributed by atoms with Crippen molar-refractivity contribution in [3.63, 3.8) is 0 Å². The quantitative estimate of drug-likeness (QED) is 0.241. The van der Waals surface area contributed by atoms with Crippen molar-refractivity contribution in [1.29, 1.82) is 0 Å². The number of nitrogens with one attached hydrogen (secondary N) is 1. The molecule has 216 valence electrons. The van der Waals surface area contributed by atoms with E-state index in [9.17, 15) is 19.5 Å². The topological polar surface area (TPSA) is 101 Å². The second-order valence-corrected chi connectivity index (χ2v) is 12.4. The molecule has 6 unspecified atom stereocenters. The first-order valence-corrected chi connectivity index (χ1v) is 15.1. The van der Waals surface area contributed by atoms with Crippen molar-refractivity contribution in [3.05, 3.63) is 131 Å². The number of hydrogen-bond acceptors (Lipinski definition) is 5. The SMILES string of the molecule is O=C1NC(=O)C2C1CC=C1C2CC2C(=O)C(c3ccccc3)=CC(=O)C2(c2ccccc2)C1c1c(O)ccc2ccccc12. The van der Waals surface area contributed by atoms with E-state index in [0.717, 1.165) is 16.3 Å². The Morgan fingerprint density at radius 1 is 0.750 bits per heavy atom. The number of ketones is 2. The molecule has 0 spiro atoms. The van der Waals surface area contributed by atoms with Gasteiger partial charge in [-0.15, -0.1) is 0 Å². The number of phenolic OH excluding ortho intramolecular Hbond substituents is 1. The Hall–Kier alpha value is -5.10. The van der Waals surface area contributed by atoms with E-state index in [1.165, 1.54) is 6.08 Å². The van der Waals surface area contributed by atoms with E-state index in [1.807, 2.05) is 97.1 Å². The first-order chi connectivity index (χ1) is 21.4. The van der Waals surface area contributed by atoms with E-state index in [1.54, 1.807) is 6.07 Å². The Morgan fingerprint density at radius 2 is 1.45 bits per heavy atom. The summed E-state index contributed by atoms with van der Waals surface area (Å²) in [5.41, 5.74) is 1.72. The smallest absolute Gasteiger partial charge is 0.231 e. The molecule has 44 heavy (non-hydrogen) atoms. The molecule has 8 rings (SSSR count). The van der Waals surface area contributed by atoms with Gasteiger partial charge in [-0.05, 0) is 52.8 Å². The van der Waals surface area contributed by atoms with Crippen LogP contribution < -0.4 is 5.32 Å². The van der Waals surface area contributed by atoms with Gasteiger partial charge in [-0.1, -0.05) is 103 Å². The average molecular weight is 580 g/mol. The van der Waals surface area contributed by atoms with E-state index >= 15 is 4.79 Å². The Kier molecular flexibility index (Phi) is 5.85. The van der Waals surface area contributed by atoms with Crippen molar-refractivity contribution < 1.29 is 24.3 Å². The van der Waals surface area contributed by atoms with Crippen LogP contribution in [0.25, 0.3) is 16.3 Å². The molecular formula is C38H29NO5. The third-order valence-corrected chi connectivity index (χ3v) is 10.5. The molecule has 1 saturated carbocycles. The average Bonchev–Trinajstić information content (AvgIpc) is 3.35. The maximum atomic E-state index is 15.1. The van der Waals surface area contributed by atoms with E-state index in [-0.39, 0.29) is 35.6 Å². The highest BCUT2D eigenvalue weighted by Crippen LogP contribution is 2.64. The Labute approximate surface area is 254 Å².